The van der Waals surface area contributed by atoms with Crippen LogP contribution in [0, 0.1) is 11.2 Å². The van der Waals surface area contributed by atoms with Gasteiger partial charge in [0, 0.05) is 25.8 Å². The number of nitrogens with zero attached hydrogens (tertiary/aromatic N) is 2. The Balaban J connectivity index is 2.03. The highest BCUT2D eigenvalue weighted by atomic mass is 19.1. The summed E-state index contributed by atoms with van der Waals surface area (Å²) in [6.07, 6.45) is 0.843. The average Bonchev–Trinajstić information content (AvgIpc) is 2.46. The first kappa shape index (κ1) is 15.3. The van der Waals surface area contributed by atoms with Crippen molar-refractivity contribution in [2.24, 2.45) is 5.41 Å². The molecule has 0 saturated carbocycles. The molecule has 1 aromatic rings. The summed E-state index contributed by atoms with van der Waals surface area (Å²) in [4.78, 5) is 26.6. The Morgan fingerprint density at radius 3 is 2.48 bits per heavy atom. The van der Waals surface area contributed by atoms with Gasteiger partial charge in [-0.2, -0.15) is 0 Å². The second-order valence-corrected chi connectivity index (χ2v) is 5.67. The number of urea groups is 1. The minimum atomic E-state index is -0.826. The summed E-state index contributed by atoms with van der Waals surface area (Å²) in [6.45, 7) is 2.48. The molecule has 1 aliphatic heterocycles. The molecular formula is C15H19FN2O3. The lowest BCUT2D eigenvalue weighted by atomic mass is 9.80. The number of carboxylic acid groups (broad SMARTS) is 1. The fourth-order valence-corrected chi connectivity index (χ4v) is 2.41. The molecule has 1 N–H and O–H groups in total. The normalized spacial score (nSPS) is 17.4. The van der Waals surface area contributed by atoms with Crippen LogP contribution >= 0.6 is 0 Å². The standard InChI is InChI=1S/C15H19FN2O3/c1-15(13(19)20)6-8-18(9-7-15)14(21)17(2)12-5-3-4-11(16)10-12/h3-5,10H,6-9H2,1-2H3,(H,19,20). The van der Waals surface area contributed by atoms with E-state index in [-0.39, 0.29) is 6.03 Å². The molecule has 0 radical (unpaired) electrons. The molecule has 1 saturated heterocycles. The molecular weight excluding hydrogens is 275 g/mol. The lowest BCUT2D eigenvalue weighted by Crippen LogP contribution is -2.49. The number of benzene rings is 1. The largest absolute Gasteiger partial charge is 0.481 e. The van der Waals surface area contributed by atoms with Gasteiger partial charge < -0.3 is 10.0 Å². The fraction of sp³-hybridized carbons (Fsp3) is 0.467. The Labute approximate surface area is 123 Å². The predicted octanol–water partition coefficient (Wildman–Crippen LogP) is 2.57. The minimum absolute atomic E-state index is 0.243. The van der Waals surface area contributed by atoms with E-state index in [0.717, 1.165) is 0 Å². The molecule has 0 bridgehead atoms. The lowest BCUT2D eigenvalue weighted by Gasteiger charge is -2.38. The van der Waals surface area contributed by atoms with E-state index in [4.69, 9.17) is 0 Å². The Kier molecular flexibility index (Phi) is 4.16. The van der Waals surface area contributed by atoms with Crippen LogP contribution < -0.4 is 4.90 Å². The van der Waals surface area contributed by atoms with E-state index in [2.05, 4.69) is 0 Å². The predicted molar refractivity (Wildman–Crippen MR) is 76.7 cm³/mol. The van der Waals surface area contributed by atoms with Crippen molar-refractivity contribution in [2.45, 2.75) is 19.8 Å². The van der Waals surface area contributed by atoms with Gasteiger partial charge in [-0.1, -0.05) is 6.07 Å². The fourth-order valence-electron chi connectivity index (χ4n) is 2.41. The molecule has 0 atom stereocenters. The Bertz CT molecular complexity index is 554. The number of piperidine rings is 1. The van der Waals surface area contributed by atoms with Gasteiger partial charge in [0.25, 0.3) is 0 Å². The minimum Gasteiger partial charge on any atom is -0.481 e. The summed E-state index contributed by atoms with van der Waals surface area (Å²) >= 11 is 0. The van der Waals surface area contributed by atoms with Crippen LogP contribution in [0.4, 0.5) is 14.9 Å². The molecule has 5 nitrogen and oxygen atoms in total. The van der Waals surface area contributed by atoms with Crippen LogP contribution in [0.1, 0.15) is 19.8 Å². The number of anilines is 1. The van der Waals surface area contributed by atoms with Crippen LogP contribution in [-0.4, -0.2) is 42.1 Å². The molecule has 1 fully saturated rings. The quantitative estimate of drug-likeness (QED) is 0.912. The SMILES string of the molecule is CN(C(=O)N1CCC(C)(C(=O)O)CC1)c1cccc(F)c1. The molecule has 0 aliphatic carbocycles. The first-order chi connectivity index (χ1) is 9.83. The first-order valence-corrected chi connectivity index (χ1v) is 6.85. The zero-order valence-corrected chi connectivity index (χ0v) is 12.2. The lowest BCUT2D eigenvalue weighted by molar-refractivity contribution is -0.150. The van der Waals surface area contributed by atoms with Gasteiger partial charge in [-0.15, -0.1) is 0 Å². The molecule has 1 heterocycles. The number of carboxylic acids is 1. The summed E-state index contributed by atoms with van der Waals surface area (Å²) < 4.78 is 13.2. The van der Waals surface area contributed by atoms with Crippen LogP contribution in [0.3, 0.4) is 0 Å². The van der Waals surface area contributed by atoms with Crippen LogP contribution in [0.5, 0.6) is 0 Å². The number of amides is 2. The van der Waals surface area contributed by atoms with Crippen molar-refractivity contribution < 1.29 is 19.1 Å². The van der Waals surface area contributed by atoms with Crippen molar-refractivity contribution in [3.05, 3.63) is 30.1 Å². The maximum absolute atomic E-state index is 13.2. The van der Waals surface area contributed by atoms with E-state index in [9.17, 15) is 19.1 Å². The molecule has 0 unspecified atom stereocenters. The molecule has 1 aliphatic rings. The number of hydrogen-bond acceptors (Lipinski definition) is 2. The Hall–Kier alpha value is -2.11. The average molecular weight is 294 g/mol. The molecule has 6 heteroatoms. The van der Waals surface area contributed by atoms with Crippen molar-refractivity contribution in [3.8, 4) is 0 Å². The maximum Gasteiger partial charge on any atom is 0.324 e. The number of likely N-dealkylation sites (tertiary alicyclic amines) is 1. The number of aliphatic carboxylic acids is 1. The van der Waals surface area contributed by atoms with Crippen molar-refractivity contribution >= 4 is 17.7 Å². The second kappa shape index (κ2) is 5.71. The number of carbonyl (C=O) groups excluding carboxylic acids is 1. The van der Waals surface area contributed by atoms with E-state index >= 15 is 0 Å². The highest BCUT2D eigenvalue weighted by molar-refractivity contribution is 5.91. The first-order valence-electron chi connectivity index (χ1n) is 6.85. The third-order valence-electron chi connectivity index (χ3n) is 4.14. The molecule has 114 valence electrons. The van der Waals surface area contributed by atoms with Gasteiger partial charge in [0.1, 0.15) is 5.82 Å². The van der Waals surface area contributed by atoms with Crippen molar-refractivity contribution in [3.63, 3.8) is 0 Å². The molecule has 0 spiro atoms. The third kappa shape index (κ3) is 3.15. The summed E-state index contributed by atoms with van der Waals surface area (Å²) in [5.74, 6) is -1.22. The monoisotopic (exact) mass is 294 g/mol. The zero-order chi connectivity index (χ0) is 15.6. The molecule has 2 rings (SSSR count). The third-order valence-corrected chi connectivity index (χ3v) is 4.14. The highest BCUT2D eigenvalue weighted by Gasteiger charge is 2.38. The highest BCUT2D eigenvalue weighted by Crippen LogP contribution is 2.31. The summed E-state index contributed by atoms with van der Waals surface area (Å²) in [5.41, 5.74) is -0.291. The van der Waals surface area contributed by atoms with Crippen LogP contribution in [0.2, 0.25) is 0 Å². The van der Waals surface area contributed by atoms with Crippen molar-refractivity contribution in [1.29, 1.82) is 0 Å². The van der Waals surface area contributed by atoms with Gasteiger partial charge in [-0.3, -0.25) is 9.69 Å². The Morgan fingerprint density at radius 2 is 1.95 bits per heavy atom. The van der Waals surface area contributed by atoms with Gasteiger partial charge in [-0.25, -0.2) is 9.18 Å². The van der Waals surface area contributed by atoms with Crippen molar-refractivity contribution in [2.75, 3.05) is 25.0 Å². The number of carbonyl (C=O) groups is 2. The Morgan fingerprint density at radius 1 is 1.33 bits per heavy atom. The van der Waals surface area contributed by atoms with E-state index in [1.807, 2.05) is 0 Å². The van der Waals surface area contributed by atoms with Crippen LogP contribution in [-0.2, 0) is 4.79 Å². The summed E-state index contributed by atoms with van der Waals surface area (Å²) in [5, 5.41) is 9.18. The van der Waals surface area contributed by atoms with Gasteiger partial charge in [0.15, 0.2) is 0 Å². The number of rotatable bonds is 2. The maximum atomic E-state index is 13.2. The molecule has 1 aromatic carbocycles. The van der Waals surface area contributed by atoms with Crippen LogP contribution in [0.25, 0.3) is 0 Å². The zero-order valence-electron chi connectivity index (χ0n) is 12.2. The van der Waals surface area contributed by atoms with Gasteiger partial charge in [0.2, 0.25) is 0 Å². The van der Waals surface area contributed by atoms with E-state index in [0.29, 0.717) is 31.6 Å². The molecule has 2 amide bonds. The van der Waals surface area contributed by atoms with E-state index in [1.54, 1.807) is 31.0 Å². The summed E-state index contributed by atoms with van der Waals surface area (Å²) in [6, 6.07) is 5.58. The smallest absolute Gasteiger partial charge is 0.324 e. The second-order valence-electron chi connectivity index (χ2n) is 5.67. The van der Waals surface area contributed by atoms with E-state index < -0.39 is 17.2 Å². The van der Waals surface area contributed by atoms with E-state index in [1.165, 1.54) is 17.0 Å². The summed E-state index contributed by atoms with van der Waals surface area (Å²) in [7, 11) is 1.59. The van der Waals surface area contributed by atoms with Crippen molar-refractivity contribution in [1.82, 2.24) is 4.90 Å². The van der Waals surface area contributed by atoms with Gasteiger partial charge in [-0.05, 0) is 38.0 Å². The van der Waals surface area contributed by atoms with Gasteiger partial charge in [0.05, 0.1) is 5.41 Å². The number of hydrogen-bond donors (Lipinski definition) is 1. The van der Waals surface area contributed by atoms with Crippen LogP contribution in [0.15, 0.2) is 24.3 Å². The van der Waals surface area contributed by atoms with Gasteiger partial charge >= 0.3 is 12.0 Å². The topological polar surface area (TPSA) is 60.9 Å². The molecule has 0 aromatic heterocycles. The molecule has 21 heavy (non-hydrogen) atoms. The number of halogens is 1.